The van der Waals surface area contributed by atoms with Gasteiger partial charge in [-0.1, -0.05) is 0 Å². The van der Waals surface area contributed by atoms with E-state index in [4.69, 9.17) is 20.3 Å². The number of carboxylic acid groups (broad SMARTS) is 1. The number of carbonyl (C=O) groups is 1. The van der Waals surface area contributed by atoms with Gasteiger partial charge in [0.1, 0.15) is 19.3 Å². The Kier molecular flexibility index (Phi) is 3.57. The van der Waals surface area contributed by atoms with Crippen LogP contribution < -0.4 is 20.5 Å². The van der Waals surface area contributed by atoms with E-state index in [1.165, 1.54) is 0 Å². The monoisotopic (exact) mass is 252 g/mol. The first-order valence-electron chi connectivity index (χ1n) is 5.70. The third-order valence-electron chi connectivity index (χ3n) is 2.72. The molecule has 2 rings (SSSR count). The molecule has 0 aliphatic carbocycles. The molecule has 1 aromatic rings. The number of nitrogens with one attached hydrogen (secondary N) is 1. The van der Waals surface area contributed by atoms with Gasteiger partial charge in [-0.15, -0.1) is 0 Å². The highest BCUT2D eigenvalue weighted by Crippen LogP contribution is 2.35. The summed E-state index contributed by atoms with van der Waals surface area (Å²) in [5.74, 6) is 0.350. The molecule has 1 heterocycles. The van der Waals surface area contributed by atoms with Gasteiger partial charge in [-0.3, -0.25) is 4.79 Å². The second kappa shape index (κ2) is 5.14. The summed E-state index contributed by atoms with van der Waals surface area (Å²) in [6.07, 6.45) is 0. The van der Waals surface area contributed by atoms with Crippen molar-refractivity contribution in [2.45, 2.75) is 13.0 Å². The molecule has 1 atom stereocenters. The predicted octanol–water partition coefficient (Wildman–Crippen LogP) is 0.590. The summed E-state index contributed by atoms with van der Waals surface area (Å²) in [4.78, 5) is 10.6. The summed E-state index contributed by atoms with van der Waals surface area (Å²) in [6, 6.07) is 2.74. The minimum absolute atomic E-state index is 0.163. The molecular weight excluding hydrogens is 236 g/mol. The standard InChI is InChI=1S/C12H16N2O4/c1-7-4-10-11(18-3-2-17-10)5-9(7)14-6-8(13)12(15)16/h4-5,8,14H,2-3,6,13H2,1H3,(H,15,16). The molecule has 1 aliphatic heterocycles. The van der Waals surface area contributed by atoms with Crippen LogP contribution in [0.2, 0.25) is 0 Å². The van der Waals surface area contributed by atoms with Crippen LogP contribution in [0.1, 0.15) is 5.56 Å². The maximum Gasteiger partial charge on any atom is 0.322 e. The first-order valence-corrected chi connectivity index (χ1v) is 5.70. The molecule has 6 nitrogen and oxygen atoms in total. The molecule has 1 unspecified atom stereocenters. The Balaban J connectivity index is 2.11. The third-order valence-corrected chi connectivity index (χ3v) is 2.72. The molecule has 0 aromatic heterocycles. The highest BCUT2D eigenvalue weighted by Gasteiger charge is 2.16. The van der Waals surface area contributed by atoms with Gasteiger partial charge in [0.05, 0.1) is 0 Å². The minimum atomic E-state index is -1.03. The lowest BCUT2D eigenvalue weighted by Gasteiger charge is -2.21. The molecular formula is C12H16N2O4. The fourth-order valence-corrected chi connectivity index (χ4v) is 1.69. The van der Waals surface area contributed by atoms with Crippen LogP contribution in [0.15, 0.2) is 12.1 Å². The van der Waals surface area contributed by atoms with Crippen molar-refractivity contribution in [1.82, 2.24) is 0 Å². The lowest BCUT2D eigenvalue weighted by atomic mass is 10.1. The lowest BCUT2D eigenvalue weighted by molar-refractivity contribution is -0.138. The number of aliphatic carboxylic acids is 1. The number of hydrogen-bond acceptors (Lipinski definition) is 5. The summed E-state index contributed by atoms with van der Waals surface area (Å²) in [5.41, 5.74) is 7.19. The molecule has 0 fully saturated rings. The van der Waals surface area contributed by atoms with E-state index in [-0.39, 0.29) is 6.54 Å². The number of ether oxygens (including phenoxy) is 2. The maximum absolute atomic E-state index is 10.6. The van der Waals surface area contributed by atoms with E-state index in [0.29, 0.717) is 24.7 Å². The zero-order valence-electron chi connectivity index (χ0n) is 10.1. The number of fused-ring (bicyclic) bond motifs is 1. The smallest absolute Gasteiger partial charge is 0.322 e. The van der Waals surface area contributed by atoms with Crippen LogP contribution in [-0.4, -0.2) is 36.9 Å². The van der Waals surface area contributed by atoms with Gasteiger partial charge >= 0.3 is 5.97 Å². The van der Waals surface area contributed by atoms with Gasteiger partial charge in [0, 0.05) is 18.3 Å². The van der Waals surface area contributed by atoms with Crippen LogP contribution in [0.25, 0.3) is 0 Å². The number of nitrogens with two attached hydrogens (primary N) is 1. The average Bonchev–Trinajstić information content (AvgIpc) is 2.35. The minimum Gasteiger partial charge on any atom is -0.486 e. The van der Waals surface area contributed by atoms with Crippen LogP contribution in [-0.2, 0) is 4.79 Å². The van der Waals surface area contributed by atoms with Crippen molar-refractivity contribution < 1.29 is 19.4 Å². The molecule has 1 aromatic carbocycles. The van der Waals surface area contributed by atoms with Crippen LogP contribution >= 0.6 is 0 Å². The number of aryl methyl sites for hydroxylation is 1. The first-order chi connectivity index (χ1) is 8.58. The summed E-state index contributed by atoms with van der Waals surface area (Å²) >= 11 is 0. The molecule has 1 aliphatic rings. The molecule has 0 bridgehead atoms. The highest BCUT2D eigenvalue weighted by atomic mass is 16.6. The van der Waals surface area contributed by atoms with Crippen molar-refractivity contribution in [1.29, 1.82) is 0 Å². The van der Waals surface area contributed by atoms with E-state index in [1.54, 1.807) is 6.07 Å². The number of rotatable bonds is 4. The average molecular weight is 252 g/mol. The molecule has 4 N–H and O–H groups in total. The zero-order chi connectivity index (χ0) is 13.1. The number of benzene rings is 1. The number of hydrogen-bond donors (Lipinski definition) is 3. The van der Waals surface area contributed by atoms with Crippen molar-refractivity contribution in [2.75, 3.05) is 25.1 Å². The van der Waals surface area contributed by atoms with E-state index in [9.17, 15) is 4.79 Å². The van der Waals surface area contributed by atoms with Crippen LogP contribution in [0, 0.1) is 6.92 Å². The summed E-state index contributed by atoms with van der Waals surface area (Å²) in [7, 11) is 0. The van der Waals surface area contributed by atoms with Gasteiger partial charge < -0.3 is 25.6 Å². The topological polar surface area (TPSA) is 93.8 Å². The van der Waals surface area contributed by atoms with Gasteiger partial charge in [0.2, 0.25) is 0 Å². The van der Waals surface area contributed by atoms with E-state index in [2.05, 4.69) is 5.32 Å². The largest absolute Gasteiger partial charge is 0.486 e. The Bertz CT molecular complexity index is 462. The SMILES string of the molecule is Cc1cc2c(cc1NCC(N)C(=O)O)OCCO2. The molecule has 6 heteroatoms. The van der Waals surface area contributed by atoms with Crippen molar-refractivity contribution in [3.05, 3.63) is 17.7 Å². The van der Waals surface area contributed by atoms with E-state index in [0.717, 1.165) is 11.3 Å². The van der Waals surface area contributed by atoms with Gasteiger partial charge in [0.25, 0.3) is 0 Å². The molecule has 0 amide bonds. The van der Waals surface area contributed by atoms with Gasteiger partial charge in [-0.25, -0.2) is 0 Å². The van der Waals surface area contributed by atoms with Gasteiger partial charge in [-0.2, -0.15) is 0 Å². The Morgan fingerprint density at radius 2 is 2.06 bits per heavy atom. The van der Waals surface area contributed by atoms with Gasteiger partial charge in [0.15, 0.2) is 11.5 Å². The molecule has 18 heavy (non-hydrogen) atoms. The third kappa shape index (κ3) is 2.65. The molecule has 0 saturated heterocycles. The van der Waals surface area contributed by atoms with Crippen molar-refractivity contribution >= 4 is 11.7 Å². The van der Waals surface area contributed by atoms with E-state index >= 15 is 0 Å². The Hall–Kier alpha value is -1.95. The molecule has 98 valence electrons. The second-order valence-electron chi connectivity index (χ2n) is 4.14. The van der Waals surface area contributed by atoms with Crippen molar-refractivity contribution in [3.8, 4) is 11.5 Å². The zero-order valence-corrected chi connectivity index (χ0v) is 10.1. The fourth-order valence-electron chi connectivity index (χ4n) is 1.69. The Labute approximate surface area is 105 Å². The summed E-state index contributed by atoms with van der Waals surface area (Å²) in [5, 5.41) is 11.7. The normalized spacial score (nSPS) is 15.0. The summed E-state index contributed by atoms with van der Waals surface area (Å²) in [6.45, 7) is 3.13. The second-order valence-corrected chi connectivity index (χ2v) is 4.14. The Morgan fingerprint density at radius 1 is 1.44 bits per heavy atom. The number of anilines is 1. The van der Waals surface area contributed by atoms with Crippen LogP contribution in [0.4, 0.5) is 5.69 Å². The predicted molar refractivity (Wildman–Crippen MR) is 66.3 cm³/mol. The fraction of sp³-hybridized carbons (Fsp3) is 0.417. The molecule has 0 spiro atoms. The van der Waals surface area contributed by atoms with Gasteiger partial charge in [-0.05, 0) is 18.6 Å². The molecule has 0 saturated carbocycles. The summed E-state index contributed by atoms with van der Waals surface area (Å²) < 4.78 is 10.9. The molecule has 0 radical (unpaired) electrons. The highest BCUT2D eigenvalue weighted by molar-refractivity contribution is 5.74. The first kappa shape index (κ1) is 12.5. The lowest BCUT2D eigenvalue weighted by Crippen LogP contribution is -2.37. The van der Waals surface area contributed by atoms with Crippen molar-refractivity contribution in [3.63, 3.8) is 0 Å². The van der Waals surface area contributed by atoms with Crippen LogP contribution in [0.3, 0.4) is 0 Å². The quantitative estimate of drug-likeness (QED) is 0.726. The Morgan fingerprint density at radius 3 is 2.67 bits per heavy atom. The number of carboxylic acids is 1. The van der Waals surface area contributed by atoms with E-state index in [1.807, 2.05) is 13.0 Å². The maximum atomic E-state index is 10.6. The van der Waals surface area contributed by atoms with Crippen molar-refractivity contribution in [2.24, 2.45) is 5.73 Å². The van der Waals surface area contributed by atoms with Crippen LogP contribution in [0.5, 0.6) is 11.5 Å². The van der Waals surface area contributed by atoms with E-state index < -0.39 is 12.0 Å².